The fraction of sp³-hybridized carbons (Fsp3) is 0.750. The summed E-state index contributed by atoms with van der Waals surface area (Å²) in [6, 6.07) is 0. The van der Waals surface area contributed by atoms with Crippen LogP contribution in [0.2, 0.25) is 0 Å². The van der Waals surface area contributed by atoms with Crippen LogP contribution in [0, 0.1) is 5.92 Å². The molecule has 1 unspecified atom stereocenters. The Bertz CT molecular complexity index is 409. The number of hydrogen-bond donors (Lipinski definition) is 1. The van der Waals surface area contributed by atoms with Crippen molar-refractivity contribution < 1.29 is 13.2 Å². The molecule has 0 fully saturated rings. The van der Waals surface area contributed by atoms with Gasteiger partial charge in [-0.2, -0.15) is 0 Å². The van der Waals surface area contributed by atoms with E-state index in [1.54, 1.807) is 0 Å². The lowest BCUT2D eigenvalue weighted by Crippen LogP contribution is -2.40. The van der Waals surface area contributed by atoms with Crippen LogP contribution < -0.4 is 4.72 Å². The predicted octanol–water partition coefficient (Wildman–Crippen LogP) is 1.98. The lowest BCUT2D eigenvalue weighted by molar-refractivity contribution is -0.115. The lowest BCUT2D eigenvalue weighted by Gasteiger charge is -2.19. The summed E-state index contributed by atoms with van der Waals surface area (Å²) >= 11 is 0. The highest BCUT2D eigenvalue weighted by atomic mass is 32.2. The zero-order chi connectivity index (χ0) is 13.1. The average Bonchev–Trinajstić information content (AvgIpc) is 2.68. The number of sulfonamides is 1. The van der Waals surface area contributed by atoms with E-state index in [9.17, 15) is 13.2 Å². The van der Waals surface area contributed by atoms with E-state index in [2.05, 4.69) is 4.72 Å². The Balaban J connectivity index is 2.75. The van der Waals surface area contributed by atoms with Crippen LogP contribution in [-0.4, -0.2) is 19.6 Å². The van der Waals surface area contributed by atoms with Gasteiger partial charge in [-0.1, -0.05) is 26.8 Å². The molecule has 0 heterocycles. The van der Waals surface area contributed by atoms with E-state index in [4.69, 9.17) is 0 Å². The number of amides is 1. The molecule has 1 N–H and O–H groups in total. The number of carbonyl (C=O) groups is 1. The molecule has 0 bridgehead atoms. The molecular formula is C12H21NO3S. The minimum atomic E-state index is -3.55. The third-order valence-electron chi connectivity index (χ3n) is 3.11. The van der Waals surface area contributed by atoms with Crippen LogP contribution in [-0.2, 0) is 14.8 Å². The van der Waals surface area contributed by atoms with E-state index in [-0.39, 0.29) is 5.92 Å². The standard InChI is InChI=1S/C12H21NO3S/c1-4-11(9(2)3)17(15,16)13-12(14)10-7-5-6-8-10/h7,9,11H,4-6,8H2,1-3H3,(H,13,14). The molecule has 0 radical (unpaired) electrons. The number of rotatable bonds is 5. The van der Waals surface area contributed by atoms with Crippen molar-refractivity contribution >= 4 is 15.9 Å². The molecular weight excluding hydrogens is 238 g/mol. The number of allylic oxidation sites excluding steroid dienone is 1. The Labute approximate surface area is 104 Å². The van der Waals surface area contributed by atoms with Crippen LogP contribution in [0.5, 0.6) is 0 Å². The van der Waals surface area contributed by atoms with Crippen LogP contribution in [0.15, 0.2) is 11.6 Å². The molecule has 0 saturated heterocycles. The Morgan fingerprint density at radius 3 is 2.53 bits per heavy atom. The van der Waals surface area contributed by atoms with Gasteiger partial charge in [0.15, 0.2) is 0 Å². The summed E-state index contributed by atoms with van der Waals surface area (Å²) in [5.74, 6) is -0.440. The summed E-state index contributed by atoms with van der Waals surface area (Å²) in [7, 11) is -3.55. The van der Waals surface area contributed by atoms with Gasteiger partial charge in [0.2, 0.25) is 10.0 Å². The largest absolute Gasteiger partial charge is 0.269 e. The smallest absolute Gasteiger partial charge is 0.260 e. The first-order valence-electron chi connectivity index (χ1n) is 6.13. The van der Waals surface area contributed by atoms with Crippen molar-refractivity contribution in [3.8, 4) is 0 Å². The first-order valence-corrected chi connectivity index (χ1v) is 7.68. The van der Waals surface area contributed by atoms with E-state index in [1.165, 1.54) is 0 Å². The van der Waals surface area contributed by atoms with Crippen molar-refractivity contribution in [3.63, 3.8) is 0 Å². The molecule has 1 amide bonds. The van der Waals surface area contributed by atoms with Gasteiger partial charge in [0, 0.05) is 5.57 Å². The van der Waals surface area contributed by atoms with Crippen LogP contribution in [0.1, 0.15) is 46.5 Å². The van der Waals surface area contributed by atoms with Gasteiger partial charge in [0.25, 0.3) is 5.91 Å². The number of nitrogens with one attached hydrogen (secondary N) is 1. The molecule has 5 heteroatoms. The maximum atomic E-state index is 12.0. The van der Waals surface area contributed by atoms with Crippen molar-refractivity contribution in [1.82, 2.24) is 4.72 Å². The molecule has 0 aliphatic heterocycles. The van der Waals surface area contributed by atoms with E-state index in [0.717, 1.165) is 12.8 Å². The van der Waals surface area contributed by atoms with Crippen molar-refractivity contribution in [1.29, 1.82) is 0 Å². The molecule has 1 aliphatic carbocycles. The topological polar surface area (TPSA) is 63.2 Å². The van der Waals surface area contributed by atoms with Crippen molar-refractivity contribution in [2.75, 3.05) is 0 Å². The zero-order valence-electron chi connectivity index (χ0n) is 10.7. The minimum absolute atomic E-state index is 0.00265. The number of carbonyl (C=O) groups excluding carboxylic acids is 1. The van der Waals surface area contributed by atoms with E-state index in [1.807, 2.05) is 26.8 Å². The fourth-order valence-corrected chi connectivity index (χ4v) is 3.89. The predicted molar refractivity (Wildman–Crippen MR) is 67.9 cm³/mol. The van der Waals surface area contributed by atoms with E-state index < -0.39 is 21.2 Å². The van der Waals surface area contributed by atoms with Crippen molar-refractivity contribution in [2.24, 2.45) is 5.92 Å². The molecule has 1 atom stereocenters. The summed E-state index contributed by atoms with van der Waals surface area (Å²) in [4.78, 5) is 11.7. The molecule has 0 aromatic carbocycles. The SMILES string of the molecule is CCC(C(C)C)S(=O)(=O)NC(=O)C1=CCCC1. The van der Waals surface area contributed by atoms with Crippen LogP contribution in [0.25, 0.3) is 0 Å². The molecule has 1 aliphatic rings. The van der Waals surface area contributed by atoms with Gasteiger partial charge < -0.3 is 0 Å². The van der Waals surface area contributed by atoms with Crippen molar-refractivity contribution in [2.45, 2.75) is 51.7 Å². The molecule has 4 nitrogen and oxygen atoms in total. The molecule has 17 heavy (non-hydrogen) atoms. The summed E-state index contributed by atoms with van der Waals surface area (Å²) in [6.07, 6.45) is 4.81. The van der Waals surface area contributed by atoms with E-state index in [0.29, 0.717) is 18.4 Å². The molecule has 0 saturated carbocycles. The number of hydrogen-bond acceptors (Lipinski definition) is 3. The molecule has 0 aromatic rings. The Hall–Kier alpha value is -0.840. The molecule has 98 valence electrons. The van der Waals surface area contributed by atoms with Crippen molar-refractivity contribution in [3.05, 3.63) is 11.6 Å². The maximum Gasteiger partial charge on any atom is 0.260 e. The lowest BCUT2D eigenvalue weighted by atomic mass is 10.1. The second-order valence-electron chi connectivity index (χ2n) is 4.79. The summed E-state index contributed by atoms with van der Waals surface area (Å²) < 4.78 is 26.2. The normalized spacial score (nSPS) is 18.0. The molecule has 0 spiro atoms. The van der Waals surface area contributed by atoms with Gasteiger partial charge in [-0.05, 0) is 31.6 Å². The Morgan fingerprint density at radius 1 is 1.47 bits per heavy atom. The summed E-state index contributed by atoms with van der Waals surface area (Å²) in [6.45, 7) is 5.53. The van der Waals surface area contributed by atoms with Crippen LogP contribution in [0.4, 0.5) is 0 Å². The van der Waals surface area contributed by atoms with Crippen LogP contribution >= 0.6 is 0 Å². The second-order valence-corrected chi connectivity index (χ2v) is 6.69. The fourth-order valence-electron chi connectivity index (χ4n) is 2.20. The van der Waals surface area contributed by atoms with Gasteiger partial charge in [0.1, 0.15) is 0 Å². The highest BCUT2D eigenvalue weighted by Gasteiger charge is 2.29. The first kappa shape index (κ1) is 14.2. The maximum absolute atomic E-state index is 12.0. The zero-order valence-corrected chi connectivity index (χ0v) is 11.5. The third-order valence-corrected chi connectivity index (χ3v) is 5.26. The quantitative estimate of drug-likeness (QED) is 0.821. The van der Waals surface area contributed by atoms with Crippen LogP contribution in [0.3, 0.4) is 0 Å². The summed E-state index contributed by atoms with van der Waals surface area (Å²) in [5.41, 5.74) is 0.604. The second kappa shape index (κ2) is 5.67. The highest BCUT2D eigenvalue weighted by Crippen LogP contribution is 2.19. The third kappa shape index (κ3) is 3.56. The average molecular weight is 259 g/mol. The minimum Gasteiger partial charge on any atom is -0.269 e. The summed E-state index contributed by atoms with van der Waals surface area (Å²) in [5, 5.41) is -0.506. The van der Waals surface area contributed by atoms with Gasteiger partial charge >= 0.3 is 0 Å². The van der Waals surface area contributed by atoms with Gasteiger partial charge in [-0.15, -0.1) is 0 Å². The van der Waals surface area contributed by atoms with Gasteiger partial charge in [-0.3, -0.25) is 4.79 Å². The first-order chi connectivity index (χ1) is 7.88. The molecule has 0 aromatic heterocycles. The molecule has 1 rings (SSSR count). The highest BCUT2D eigenvalue weighted by molar-refractivity contribution is 7.90. The van der Waals surface area contributed by atoms with Gasteiger partial charge in [0.05, 0.1) is 5.25 Å². The Kier molecular flexibility index (Phi) is 4.74. The van der Waals surface area contributed by atoms with Gasteiger partial charge in [-0.25, -0.2) is 13.1 Å². The monoisotopic (exact) mass is 259 g/mol. The Morgan fingerprint density at radius 2 is 2.12 bits per heavy atom. The van der Waals surface area contributed by atoms with E-state index >= 15 is 0 Å².